The third-order valence-corrected chi connectivity index (χ3v) is 6.36. The average molecular weight is 471 g/mol. The SMILES string of the molecule is C[C@@H](OC(C)(C)C)[C@@H](NC(=O)OCc1ccccc1)C(=O)ON1C(=O)[C@@H]2[C@H](C1=O)[C@H]1C=C[C@H]2C1. The fourth-order valence-electron chi connectivity index (χ4n) is 5.00. The van der Waals surface area contributed by atoms with E-state index in [9.17, 15) is 19.2 Å². The first-order valence-electron chi connectivity index (χ1n) is 11.5. The van der Waals surface area contributed by atoms with Crippen LogP contribution in [0.3, 0.4) is 0 Å². The molecule has 2 aliphatic carbocycles. The smallest absolute Gasteiger partial charge is 0.408 e. The minimum Gasteiger partial charge on any atom is -0.445 e. The highest BCUT2D eigenvalue weighted by Gasteiger charge is 2.61. The fraction of sp³-hybridized carbons (Fsp3) is 0.520. The van der Waals surface area contributed by atoms with Crippen LogP contribution in [-0.4, -0.2) is 46.7 Å². The second-order valence-corrected chi connectivity index (χ2v) is 10.0. The Hall–Kier alpha value is -3.20. The number of hydrogen-bond donors (Lipinski definition) is 1. The van der Waals surface area contributed by atoms with Crippen molar-refractivity contribution in [3.63, 3.8) is 0 Å². The predicted octanol–water partition coefficient (Wildman–Crippen LogP) is 2.75. The number of alkyl carbamates (subject to hydrolysis) is 1. The van der Waals surface area contributed by atoms with Gasteiger partial charge in [-0.15, -0.1) is 5.06 Å². The Morgan fingerprint density at radius 2 is 1.65 bits per heavy atom. The van der Waals surface area contributed by atoms with Crippen LogP contribution in [0.5, 0.6) is 0 Å². The van der Waals surface area contributed by atoms with Gasteiger partial charge in [-0.2, -0.15) is 0 Å². The molecule has 1 saturated carbocycles. The molecule has 2 bridgehead atoms. The molecule has 1 N–H and O–H groups in total. The molecule has 0 spiro atoms. The Bertz CT molecular complexity index is 970. The van der Waals surface area contributed by atoms with E-state index in [2.05, 4.69) is 5.32 Å². The Morgan fingerprint density at radius 1 is 1.06 bits per heavy atom. The number of carbonyl (C=O) groups is 4. The number of hydrogen-bond acceptors (Lipinski definition) is 7. The quantitative estimate of drug-likeness (QED) is 0.482. The van der Waals surface area contributed by atoms with Crippen LogP contribution in [0.4, 0.5) is 4.79 Å². The molecule has 6 atom stereocenters. The Morgan fingerprint density at radius 3 is 2.21 bits per heavy atom. The van der Waals surface area contributed by atoms with Gasteiger partial charge in [0.1, 0.15) is 6.61 Å². The van der Waals surface area contributed by atoms with E-state index in [0.717, 1.165) is 12.0 Å². The molecule has 3 aliphatic rings. The molecule has 9 heteroatoms. The summed E-state index contributed by atoms with van der Waals surface area (Å²) in [6, 6.07) is 7.77. The van der Waals surface area contributed by atoms with Crippen molar-refractivity contribution >= 4 is 23.9 Å². The summed E-state index contributed by atoms with van der Waals surface area (Å²) in [4.78, 5) is 56.6. The van der Waals surface area contributed by atoms with Gasteiger partial charge in [-0.1, -0.05) is 42.5 Å². The number of amides is 3. The van der Waals surface area contributed by atoms with Gasteiger partial charge < -0.3 is 19.6 Å². The van der Waals surface area contributed by atoms with Crippen LogP contribution in [0.15, 0.2) is 42.5 Å². The number of allylic oxidation sites excluding steroid dienone is 2. The lowest BCUT2D eigenvalue weighted by atomic mass is 9.85. The van der Waals surface area contributed by atoms with Crippen molar-refractivity contribution < 1.29 is 33.5 Å². The molecule has 0 radical (unpaired) electrons. The number of ether oxygens (including phenoxy) is 2. The van der Waals surface area contributed by atoms with E-state index < -0.39 is 53.5 Å². The number of carbonyl (C=O) groups excluding carboxylic acids is 4. The summed E-state index contributed by atoms with van der Waals surface area (Å²) in [7, 11) is 0. The first-order valence-corrected chi connectivity index (χ1v) is 11.5. The highest BCUT2D eigenvalue weighted by atomic mass is 16.7. The molecule has 0 unspecified atom stereocenters. The zero-order valence-electron chi connectivity index (χ0n) is 19.7. The molecular weight excluding hydrogens is 440 g/mol. The number of nitrogens with one attached hydrogen (secondary N) is 1. The molecule has 0 aromatic heterocycles. The van der Waals surface area contributed by atoms with E-state index >= 15 is 0 Å². The van der Waals surface area contributed by atoms with Gasteiger partial charge in [-0.25, -0.2) is 9.59 Å². The fourth-order valence-corrected chi connectivity index (χ4v) is 5.00. The van der Waals surface area contributed by atoms with Gasteiger partial charge in [0.2, 0.25) is 0 Å². The first kappa shape index (κ1) is 23.9. The summed E-state index contributed by atoms with van der Waals surface area (Å²) >= 11 is 0. The molecule has 2 fully saturated rings. The molecule has 9 nitrogen and oxygen atoms in total. The summed E-state index contributed by atoms with van der Waals surface area (Å²) < 4.78 is 11.1. The third kappa shape index (κ3) is 4.84. The van der Waals surface area contributed by atoms with Gasteiger partial charge in [0.05, 0.1) is 23.5 Å². The average Bonchev–Trinajstić information content (AvgIpc) is 3.45. The first-order chi connectivity index (χ1) is 16.0. The summed E-state index contributed by atoms with van der Waals surface area (Å²) in [5.41, 5.74) is 0.146. The Kier molecular flexibility index (Phi) is 6.49. The van der Waals surface area contributed by atoms with Crippen molar-refractivity contribution in [2.75, 3.05) is 0 Å². The highest BCUT2D eigenvalue weighted by Crippen LogP contribution is 2.52. The van der Waals surface area contributed by atoms with Crippen LogP contribution in [0.1, 0.15) is 39.7 Å². The minimum atomic E-state index is -1.31. The van der Waals surface area contributed by atoms with Crippen molar-refractivity contribution in [2.45, 2.75) is 58.5 Å². The summed E-state index contributed by atoms with van der Waals surface area (Å²) in [6.45, 7) is 7.01. The number of benzene rings is 1. The van der Waals surface area contributed by atoms with Crippen LogP contribution in [0.2, 0.25) is 0 Å². The van der Waals surface area contributed by atoms with Crippen LogP contribution in [0.25, 0.3) is 0 Å². The van der Waals surface area contributed by atoms with Crippen LogP contribution >= 0.6 is 0 Å². The molecule has 182 valence electrons. The van der Waals surface area contributed by atoms with Crippen LogP contribution in [0, 0.1) is 23.7 Å². The maximum absolute atomic E-state index is 13.1. The molecule has 3 amide bonds. The third-order valence-electron chi connectivity index (χ3n) is 6.36. The zero-order valence-corrected chi connectivity index (χ0v) is 19.7. The lowest BCUT2D eigenvalue weighted by Gasteiger charge is -2.30. The Labute approximate surface area is 198 Å². The van der Waals surface area contributed by atoms with Crippen molar-refractivity contribution in [3.05, 3.63) is 48.0 Å². The van der Waals surface area contributed by atoms with Crippen molar-refractivity contribution in [1.82, 2.24) is 10.4 Å². The molecule has 1 saturated heterocycles. The van der Waals surface area contributed by atoms with E-state index in [-0.39, 0.29) is 18.4 Å². The predicted molar refractivity (Wildman–Crippen MR) is 120 cm³/mol. The monoisotopic (exact) mass is 470 g/mol. The van der Waals surface area contributed by atoms with Gasteiger partial charge >= 0.3 is 12.1 Å². The van der Waals surface area contributed by atoms with Gasteiger partial charge in [0.25, 0.3) is 11.8 Å². The van der Waals surface area contributed by atoms with Crippen molar-refractivity contribution in [2.24, 2.45) is 23.7 Å². The van der Waals surface area contributed by atoms with E-state index in [4.69, 9.17) is 14.3 Å². The lowest BCUT2D eigenvalue weighted by Crippen LogP contribution is -2.53. The molecule has 1 aliphatic heterocycles. The lowest BCUT2D eigenvalue weighted by molar-refractivity contribution is -0.204. The molecule has 1 aromatic rings. The van der Waals surface area contributed by atoms with E-state index in [1.807, 2.05) is 30.4 Å². The molecular formula is C25H30N2O7. The van der Waals surface area contributed by atoms with Gasteiger partial charge in [0.15, 0.2) is 6.04 Å². The number of nitrogens with zero attached hydrogens (tertiary/aromatic N) is 1. The standard InChI is InChI=1S/C25H30N2O7/c1-14(33-25(2,3)4)20(26-24(31)32-13-15-8-6-5-7-9-15)23(30)34-27-21(28)18-16-10-11-17(12-16)19(18)22(27)29/h5-11,14,16-20H,12-13H2,1-4H3,(H,26,31)/t14-,16+,17+,18-,19+,20-/m1/s1. The highest BCUT2D eigenvalue weighted by molar-refractivity contribution is 6.06. The van der Waals surface area contributed by atoms with Gasteiger partial charge in [0, 0.05) is 0 Å². The largest absolute Gasteiger partial charge is 0.445 e. The number of fused-ring (bicyclic) bond motifs is 5. The number of hydroxylamine groups is 2. The zero-order chi connectivity index (χ0) is 24.6. The maximum Gasteiger partial charge on any atom is 0.408 e. The molecule has 1 heterocycles. The minimum absolute atomic E-state index is 0.00514. The number of imide groups is 1. The summed E-state index contributed by atoms with van der Waals surface area (Å²) in [5.74, 6) is -3.04. The topological polar surface area (TPSA) is 111 Å². The molecule has 1 aromatic carbocycles. The van der Waals surface area contributed by atoms with Crippen molar-refractivity contribution in [3.8, 4) is 0 Å². The van der Waals surface area contributed by atoms with Gasteiger partial charge in [-0.05, 0) is 51.5 Å². The Balaban J connectivity index is 1.44. The second kappa shape index (κ2) is 9.21. The van der Waals surface area contributed by atoms with E-state index in [1.54, 1.807) is 39.8 Å². The van der Waals surface area contributed by atoms with E-state index in [0.29, 0.717) is 5.06 Å². The summed E-state index contributed by atoms with van der Waals surface area (Å²) in [6.07, 6.45) is 2.99. The van der Waals surface area contributed by atoms with Crippen molar-refractivity contribution in [1.29, 1.82) is 0 Å². The van der Waals surface area contributed by atoms with E-state index in [1.165, 1.54) is 0 Å². The molecule has 34 heavy (non-hydrogen) atoms. The normalized spacial score (nSPS) is 26.9. The molecule has 4 rings (SSSR count). The second-order valence-electron chi connectivity index (χ2n) is 10.0. The van der Waals surface area contributed by atoms with Crippen LogP contribution in [-0.2, 0) is 35.3 Å². The number of rotatable bonds is 7. The van der Waals surface area contributed by atoms with Crippen LogP contribution < -0.4 is 5.32 Å². The summed E-state index contributed by atoms with van der Waals surface area (Å²) in [5, 5.41) is 3.04. The van der Waals surface area contributed by atoms with Gasteiger partial charge in [-0.3, -0.25) is 9.59 Å². The maximum atomic E-state index is 13.1.